The Morgan fingerprint density at radius 3 is 2.50 bits per heavy atom. The molecule has 0 unspecified atom stereocenters. The SMILES string of the molecule is Cc1cc(C(=O)NNC(=O)CNC(=O)c2ccco2)c(C)o1. The predicted octanol–water partition coefficient (Wildman–Crippen LogP) is 0.680. The van der Waals surface area contributed by atoms with Gasteiger partial charge in [-0.05, 0) is 32.0 Å². The van der Waals surface area contributed by atoms with E-state index in [4.69, 9.17) is 8.83 Å². The number of nitrogens with one attached hydrogen (secondary N) is 3. The van der Waals surface area contributed by atoms with Crippen molar-refractivity contribution in [3.63, 3.8) is 0 Å². The lowest BCUT2D eigenvalue weighted by molar-refractivity contribution is -0.120. The smallest absolute Gasteiger partial charge is 0.287 e. The standard InChI is InChI=1S/C14H15N3O5/c1-8-6-10(9(2)22-8)13(19)17-16-12(18)7-15-14(20)11-4-3-5-21-11/h3-6H,7H2,1-2H3,(H,15,20)(H,16,18)(H,17,19). The number of hydrogen-bond donors (Lipinski definition) is 3. The van der Waals surface area contributed by atoms with Crippen LogP contribution in [0.2, 0.25) is 0 Å². The number of rotatable bonds is 4. The number of carbonyl (C=O) groups excluding carboxylic acids is 3. The summed E-state index contributed by atoms with van der Waals surface area (Å²) in [6, 6.07) is 4.60. The summed E-state index contributed by atoms with van der Waals surface area (Å²) in [6.07, 6.45) is 1.35. The molecule has 0 spiro atoms. The maximum absolute atomic E-state index is 11.8. The normalized spacial score (nSPS) is 10.1. The highest BCUT2D eigenvalue weighted by Gasteiger charge is 2.15. The molecular weight excluding hydrogens is 290 g/mol. The molecule has 0 fully saturated rings. The van der Waals surface area contributed by atoms with Crippen LogP contribution < -0.4 is 16.2 Å². The van der Waals surface area contributed by atoms with Crippen molar-refractivity contribution in [3.05, 3.63) is 47.3 Å². The average Bonchev–Trinajstić information content (AvgIpc) is 3.11. The van der Waals surface area contributed by atoms with Crippen molar-refractivity contribution in [2.75, 3.05) is 6.54 Å². The first kappa shape index (κ1) is 15.4. The Balaban J connectivity index is 1.77. The molecule has 0 aliphatic heterocycles. The Kier molecular flexibility index (Phi) is 4.62. The second-order valence-corrected chi connectivity index (χ2v) is 4.49. The van der Waals surface area contributed by atoms with Gasteiger partial charge in [0.25, 0.3) is 17.7 Å². The number of amides is 3. The van der Waals surface area contributed by atoms with Crippen LogP contribution in [0, 0.1) is 13.8 Å². The number of aryl methyl sites for hydroxylation is 2. The first-order valence-corrected chi connectivity index (χ1v) is 6.45. The molecule has 0 saturated carbocycles. The van der Waals surface area contributed by atoms with E-state index < -0.39 is 17.7 Å². The summed E-state index contributed by atoms with van der Waals surface area (Å²) in [5.74, 6) is -0.449. The van der Waals surface area contributed by atoms with E-state index in [0.717, 1.165) is 0 Å². The van der Waals surface area contributed by atoms with Gasteiger partial charge in [-0.3, -0.25) is 25.2 Å². The van der Waals surface area contributed by atoms with Gasteiger partial charge in [0, 0.05) is 0 Å². The van der Waals surface area contributed by atoms with E-state index in [0.29, 0.717) is 17.1 Å². The Morgan fingerprint density at radius 2 is 1.91 bits per heavy atom. The quantitative estimate of drug-likeness (QED) is 0.719. The summed E-state index contributed by atoms with van der Waals surface area (Å²) >= 11 is 0. The Labute approximate surface area is 125 Å². The highest BCUT2D eigenvalue weighted by atomic mass is 16.3. The molecule has 0 bridgehead atoms. The zero-order valence-electron chi connectivity index (χ0n) is 12.1. The van der Waals surface area contributed by atoms with Crippen LogP contribution in [0.4, 0.5) is 0 Å². The van der Waals surface area contributed by atoms with E-state index in [-0.39, 0.29) is 12.3 Å². The van der Waals surface area contributed by atoms with Gasteiger partial charge in [0.1, 0.15) is 11.5 Å². The van der Waals surface area contributed by atoms with E-state index in [2.05, 4.69) is 16.2 Å². The monoisotopic (exact) mass is 305 g/mol. The van der Waals surface area contributed by atoms with Gasteiger partial charge in [0.15, 0.2) is 5.76 Å². The Bertz CT molecular complexity index is 687. The van der Waals surface area contributed by atoms with Crippen LogP contribution in [0.5, 0.6) is 0 Å². The van der Waals surface area contributed by atoms with Gasteiger partial charge < -0.3 is 14.2 Å². The molecule has 2 rings (SSSR count). The summed E-state index contributed by atoms with van der Waals surface area (Å²) in [5.41, 5.74) is 4.76. The molecule has 3 N–H and O–H groups in total. The van der Waals surface area contributed by atoms with Crippen LogP contribution in [0.1, 0.15) is 32.4 Å². The van der Waals surface area contributed by atoms with Crippen molar-refractivity contribution in [3.8, 4) is 0 Å². The van der Waals surface area contributed by atoms with Crippen molar-refractivity contribution >= 4 is 17.7 Å². The van der Waals surface area contributed by atoms with Gasteiger partial charge in [0.05, 0.1) is 18.4 Å². The number of carbonyl (C=O) groups is 3. The molecule has 22 heavy (non-hydrogen) atoms. The lowest BCUT2D eigenvalue weighted by atomic mass is 10.2. The summed E-state index contributed by atoms with van der Waals surface area (Å²) in [7, 11) is 0. The second-order valence-electron chi connectivity index (χ2n) is 4.49. The third-order valence-electron chi connectivity index (χ3n) is 2.76. The van der Waals surface area contributed by atoms with Crippen LogP contribution in [0.3, 0.4) is 0 Å². The third-order valence-corrected chi connectivity index (χ3v) is 2.76. The fourth-order valence-corrected chi connectivity index (χ4v) is 1.75. The summed E-state index contributed by atoms with van der Waals surface area (Å²) < 4.78 is 10.1. The largest absolute Gasteiger partial charge is 0.466 e. The number of furan rings is 2. The van der Waals surface area contributed by atoms with E-state index in [1.54, 1.807) is 26.0 Å². The summed E-state index contributed by atoms with van der Waals surface area (Å²) in [6.45, 7) is 3.06. The third kappa shape index (κ3) is 3.75. The molecule has 0 aliphatic rings. The molecule has 2 heterocycles. The molecule has 2 aromatic rings. The minimum atomic E-state index is -0.578. The van der Waals surface area contributed by atoms with Gasteiger partial charge in [-0.1, -0.05) is 0 Å². The fraction of sp³-hybridized carbons (Fsp3) is 0.214. The molecule has 0 aromatic carbocycles. The molecule has 116 valence electrons. The number of hydrogen-bond acceptors (Lipinski definition) is 5. The van der Waals surface area contributed by atoms with Crippen molar-refractivity contribution < 1.29 is 23.2 Å². The van der Waals surface area contributed by atoms with Gasteiger partial charge in [-0.2, -0.15) is 0 Å². The minimum Gasteiger partial charge on any atom is -0.466 e. The van der Waals surface area contributed by atoms with E-state index >= 15 is 0 Å². The maximum Gasteiger partial charge on any atom is 0.287 e. The zero-order valence-corrected chi connectivity index (χ0v) is 12.1. The fourth-order valence-electron chi connectivity index (χ4n) is 1.75. The minimum absolute atomic E-state index is 0.0985. The Morgan fingerprint density at radius 1 is 1.14 bits per heavy atom. The van der Waals surface area contributed by atoms with E-state index in [1.807, 2.05) is 0 Å². The lowest BCUT2D eigenvalue weighted by Gasteiger charge is -2.07. The van der Waals surface area contributed by atoms with E-state index in [1.165, 1.54) is 12.3 Å². The molecule has 0 atom stereocenters. The molecule has 8 heteroatoms. The van der Waals surface area contributed by atoms with Crippen LogP contribution >= 0.6 is 0 Å². The van der Waals surface area contributed by atoms with Crippen molar-refractivity contribution in [2.24, 2.45) is 0 Å². The van der Waals surface area contributed by atoms with Gasteiger partial charge in [0.2, 0.25) is 0 Å². The predicted molar refractivity (Wildman–Crippen MR) is 74.8 cm³/mol. The van der Waals surface area contributed by atoms with Crippen molar-refractivity contribution in [1.82, 2.24) is 16.2 Å². The van der Waals surface area contributed by atoms with Crippen molar-refractivity contribution in [1.29, 1.82) is 0 Å². The first-order valence-electron chi connectivity index (χ1n) is 6.45. The van der Waals surface area contributed by atoms with Crippen LogP contribution in [-0.4, -0.2) is 24.3 Å². The molecular formula is C14H15N3O5. The molecule has 2 aromatic heterocycles. The topological polar surface area (TPSA) is 114 Å². The van der Waals surface area contributed by atoms with Gasteiger partial charge in [-0.15, -0.1) is 0 Å². The average molecular weight is 305 g/mol. The van der Waals surface area contributed by atoms with Crippen LogP contribution in [0.25, 0.3) is 0 Å². The van der Waals surface area contributed by atoms with Gasteiger partial charge >= 0.3 is 0 Å². The molecule has 8 nitrogen and oxygen atoms in total. The van der Waals surface area contributed by atoms with Crippen LogP contribution in [-0.2, 0) is 4.79 Å². The maximum atomic E-state index is 11.8. The lowest BCUT2D eigenvalue weighted by Crippen LogP contribution is -2.46. The Hall–Kier alpha value is -3.03. The highest BCUT2D eigenvalue weighted by molar-refractivity contribution is 5.97. The first-order chi connectivity index (χ1) is 10.5. The highest BCUT2D eigenvalue weighted by Crippen LogP contribution is 2.12. The van der Waals surface area contributed by atoms with Crippen molar-refractivity contribution in [2.45, 2.75) is 13.8 Å². The summed E-state index contributed by atoms with van der Waals surface area (Å²) in [4.78, 5) is 34.9. The zero-order chi connectivity index (χ0) is 16.1. The van der Waals surface area contributed by atoms with Crippen LogP contribution in [0.15, 0.2) is 33.3 Å². The molecule has 0 radical (unpaired) electrons. The summed E-state index contributed by atoms with van der Waals surface area (Å²) in [5, 5.41) is 2.35. The molecule has 3 amide bonds. The van der Waals surface area contributed by atoms with E-state index in [9.17, 15) is 14.4 Å². The second kappa shape index (κ2) is 6.61. The molecule has 0 saturated heterocycles. The molecule has 0 aliphatic carbocycles. The number of hydrazine groups is 1. The van der Waals surface area contributed by atoms with Gasteiger partial charge in [-0.25, -0.2) is 0 Å².